The Balaban J connectivity index is 1.55. The van der Waals surface area contributed by atoms with Gasteiger partial charge >= 0.3 is 0 Å². The van der Waals surface area contributed by atoms with E-state index in [0.29, 0.717) is 42.7 Å². The molecule has 8 nitrogen and oxygen atoms in total. The number of halogens is 1. The number of carbonyl (C=O) groups excluding carboxylic acids is 2. The summed E-state index contributed by atoms with van der Waals surface area (Å²) in [6.07, 6.45) is 6.87. The Hall–Kier alpha value is -3.27. The average Bonchev–Trinajstić information content (AvgIpc) is 3.14. The molecular formula is C24H27FN6O2S. The van der Waals surface area contributed by atoms with E-state index in [-0.39, 0.29) is 23.4 Å². The lowest BCUT2D eigenvalue weighted by Crippen LogP contribution is -2.32. The maximum absolute atomic E-state index is 13.3. The van der Waals surface area contributed by atoms with Gasteiger partial charge in [0.2, 0.25) is 11.8 Å². The highest BCUT2D eigenvalue weighted by Gasteiger charge is 2.23. The lowest BCUT2D eigenvalue weighted by Gasteiger charge is -2.21. The van der Waals surface area contributed by atoms with Crippen LogP contribution in [0.4, 0.5) is 10.1 Å². The zero-order valence-electron chi connectivity index (χ0n) is 19.1. The average molecular weight is 483 g/mol. The van der Waals surface area contributed by atoms with Gasteiger partial charge in [0.25, 0.3) is 0 Å². The minimum absolute atomic E-state index is 0.121. The summed E-state index contributed by atoms with van der Waals surface area (Å²) in [7, 11) is 0. The van der Waals surface area contributed by atoms with Gasteiger partial charge in [-0.2, -0.15) is 0 Å². The molecule has 0 spiro atoms. The normalized spacial score (nSPS) is 14.2. The number of benzene rings is 1. The van der Waals surface area contributed by atoms with Crippen LogP contribution >= 0.6 is 11.8 Å². The van der Waals surface area contributed by atoms with Crippen LogP contribution in [0.25, 0.3) is 5.69 Å². The second-order valence-electron chi connectivity index (χ2n) is 7.97. The van der Waals surface area contributed by atoms with E-state index in [0.717, 1.165) is 24.9 Å². The number of aromatic nitrogens is 4. The molecular weight excluding hydrogens is 455 g/mol. The lowest BCUT2D eigenvalue weighted by molar-refractivity contribution is -0.131. The van der Waals surface area contributed by atoms with Gasteiger partial charge < -0.3 is 9.80 Å². The summed E-state index contributed by atoms with van der Waals surface area (Å²) in [5, 5.41) is 9.25. The highest BCUT2D eigenvalue weighted by Crippen LogP contribution is 2.25. The summed E-state index contributed by atoms with van der Waals surface area (Å²) in [4.78, 5) is 33.2. The van der Waals surface area contributed by atoms with E-state index in [4.69, 9.17) is 0 Å². The molecule has 34 heavy (non-hydrogen) atoms. The van der Waals surface area contributed by atoms with Gasteiger partial charge in [0, 0.05) is 31.4 Å². The highest BCUT2D eigenvalue weighted by molar-refractivity contribution is 7.99. The largest absolute Gasteiger partial charge is 0.335 e. The smallest absolute Gasteiger partial charge is 0.237 e. The predicted octanol–water partition coefficient (Wildman–Crippen LogP) is 3.85. The van der Waals surface area contributed by atoms with Crippen LogP contribution in [-0.2, 0) is 16.1 Å². The van der Waals surface area contributed by atoms with Crippen molar-refractivity contribution in [3.8, 4) is 5.69 Å². The summed E-state index contributed by atoms with van der Waals surface area (Å²) >= 11 is 1.27. The quantitative estimate of drug-likeness (QED) is 0.454. The number of amides is 2. The first-order valence-corrected chi connectivity index (χ1v) is 12.4. The number of thioether (sulfide) groups is 1. The summed E-state index contributed by atoms with van der Waals surface area (Å²) in [6.45, 7) is 3.39. The maximum Gasteiger partial charge on any atom is 0.237 e. The van der Waals surface area contributed by atoms with Crippen molar-refractivity contribution in [2.24, 2.45) is 0 Å². The zero-order chi connectivity index (χ0) is 23.9. The maximum atomic E-state index is 13.3. The Bertz CT molecular complexity index is 1120. The van der Waals surface area contributed by atoms with Crippen LogP contribution in [0.5, 0.6) is 0 Å². The number of rotatable bonds is 8. The molecule has 3 heterocycles. The topological polar surface area (TPSA) is 84.2 Å². The third-order valence-electron chi connectivity index (χ3n) is 5.69. The van der Waals surface area contributed by atoms with E-state index in [1.807, 2.05) is 28.5 Å². The predicted molar refractivity (Wildman–Crippen MR) is 128 cm³/mol. The van der Waals surface area contributed by atoms with Gasteiger partial charge in [-0.1, -0.05) is 18.2 Å². The molecule has 1 fully saturated rings. The SMILES string of the molecule is CCN(C(=O)CSc1nnc(CN2CCCCCC2=O)n1-c1cccnc1)c1ccc(F)cc1. The molecule has 0 saturated carbocycles. The van der Waals surface area contributed by atoms with Crippen molar-refractivity contribution >= 4 is 29.3 Å². The molecule has 3 aromatic rings. The van der Waals surface area contributed by atoms with Crippen molar-refractivity contribution in [3.63, 3.8) is 0 Å². The number of carbonyl (C=O) groups is 2. The van der Waals surface area contributed by atoms with Crippen molar-refractivity contribution in [2.75, 3.05) is 23.7 Å². The molecule has 4 rings (SSSR count). The molecule has 10 heteroatoms. The van der Waals surface area contributed by atoms with Gasteiger partial charge in [0.1, 0.15) is 5.82 Å². The summed E-state index contributed by atoms with van der Waals surface area (Å²) in [6, 6.07) is 9.59. The van der Waals surface area contributed by atoms with Gasteiger partial charge in [-0.25, -0.2) is 4.39 Å². The van der Waals surface area contributed by atoms with Crippen LogP contribution in [0.2, 0.25) is 0 Å². The highest BCUT2D eigenvalue weighted by atomic mass is 32.2. The first-order valence-electron chi connectivity index (χ1n) is 11.4. The molecule has 0 atom stereocenters. The molecule has 1 aliphatic heterocycles. The fourth-order valence-corrected chi connectivity index (χ4v) is 4.79. The third-order valence-corrected chi connectivity index (χ3v) is 6.60. The van der Waals surface area contributed by atoms with E-state index in [2.05, 4.69) is 15.2 Å². The molecule has 2 amide bonds. The molecule has 178 valence electrons. The van der Waals surface area contributed by atoms with Crippen molar-refractivity contribution in [1.82, 2.24) is 24.6 Å². The van der Waals surface area contributed by atoms with Crippen molar-refractivity contribution < 1.29 is 14.0 Å². The van der Waals surface area contributed by atoms with Gasteiger partial charge in [-0.05, 0) is 56.2 Å². The molecule has 2 aromatic heterocycles. The minimum atomic E-state index is -0.346. The Morgan fingerprint density at radius 3 is 2.71 bits per heavy atom. The van der Waals surface area contributed by atoms with E-state index in [1.54, 1.807) is 29.4 Å². The monoisotopic (exact) mass is 482 g/mol. The summed E-state index contributed by atoms with van der Waals surface area (Å²) in [5.74, 6) is 0.419. The first-order chi connectivity index (χ1) is 16.6. The number of hydrogen-bond donors (Lipinski definition) is 0. The number of nitrogens with zero attached hydrogens (tertiary/aromatic N) is 6. The third kappa shape index (κ3) is 5.61. The standard InChI is InChI=1S/C24H27FN6O2S/c1-2-30(19-11-9-18(25)10-12-19)23(33)17-34-24-28-27-21(31(24)20-7-6-13-26-15-20)16-29-14-5-3-4-8-22(29)32/h6-7,9-13,15H,2-5,8,14,16-17H2,1H3. The molecule has 0 bridgehead atoms. The van der Waals surface area contributed by atoms with Crippen LogP contribution < -0.4 is 4.90 Å². The van der Waals surface area contributed by atoms with E-state index >= 15 is 0 Å². The second-order valence-corrected chi connectivity index (χ2v) is 8.92. The van der Waals surface area contributed by atoms with Gasteiger partial charge in [0.15, 0.2) is 11.0 Å². The fourth-order valence-electron chi connectivity index (χ4n) is 3.95. The molecule has 1 saturated heterocycles. The van der Waals surface area contributed by atoms with Gasteiger partial charge in [-0.15, -0.1) is 10.2 Å². The minimum Gasteiger partial charge on any atom is -0.335 e. The number of hydrogen-bond acceptors (Lipinski definition) is 6. The number of pyridine rings is 1. The van der Waals surface area contributed by atoms with Crippen molar-refractivity contribution in [1.29, 1.82) is 0 Å². The van der Waals surface area contributed by atoms with Crippen LogP contribution in [0.1, 0.15) is 38.4 Å². The second kappa shape index (κ2) is 11.2. The zero-order valence-corrected chi connectivity index (χ0v) is 19.9. The van der Waals surface area contributed by atoms with Crippen molar-refractivity contribution in [3.05, 3.63) is 60.4 Å². The van der Waals surface area contributed by atoms with E-state index in [1.165, 1.54) is 23.9 Å². The Morgan fingerprint density at radius 1 is 1.15 bits per heavy atom. The fraction of sp³-hybridized carbons (Fsp3) is 0.375. The first kappa shape index (κ1) is 23.9. The summed E-state index contributed by atoms with van der Waals surface area (Å²) in [5.41, 5.74) is 1.41. The van der Waals surface area contributed by atoms with E-state index in [9.17, 15) is 14.0 Å². The van der Waals surface area contributed by atoms with E-state index < -0.39 is 0 Å². The van der Waals surface area contributed by atoms with Crippen LogP contribution in [0, 0.1) is 5.82 Å². The van der Waals surface area contributed by atoms with Gasteiger partial charge in [-0.3, -0.25) is 19.1 Å². The Labute approximate surface area is 202 Å². The van der Waals surface area contributed by atoms with Gasteiger partial charge in [0.05, 0.1) is 24.2 Å². The summed E-state index contributed by atoms with van der Waals surface area (Å²) < 4.78 is 15.2. The Morgan fingerprint density at radius 2 is 1.97 bits per heavy atom. The van der Waals surface area contributed by atoms with Crippen LogP contribution in [0.3, 0.4) is 0 Å². The molecule has 0 N–H and O–H groups in total. The molecule has 1 aliphatic rings. The molecule has 0 radical (unpaired) electrons. The molecule has 1 aromatic carbocycles. The molecule has 0 aliphatic carbocycles. The van der Waals surface area contributed by atoms with Crippen LogP contribution in [0.15, 0.2) is 53.9 Å². The lowest BCUT2D eigenvalue weighted by atomic mass is 10.2. The Kier molecular flexibility index (Phi) is 7.89. The van der Waals surface area contributed by atoms with Crippen LogP contribution in [-0.4, -0.2) is 55.3 Å². The number of anilines is 1. The molecule has 0 unspecified atom stereocenters. The number of likely N-dealkylation sites (tertiary alicyclic amines) is 1. The van der Waals surface area contributed by atoms with Crippen molar-refractivity contribution in [2.45, 2.75) is 44.3 Å².